The summed E-state index contributed by atoms with van der Waals surface area (Å²) in [5, 5.41) is 3.47. The molecule has 2 aromatic carbocycles. The molecule has 46 heavy (non-hydrogen) atoms. The van der Waals surface area contributed by atoms with E-state index in [-0.39, 0.29) is 12.5 Å². The van der Waals surface area contributed by atoms with Crippen LogP contribution in [0.2, 0.25) is 0 Å². The first-order valence-electron chi connectivity index (χ1n) is 14.7. The minimum atomic E-state index is -0.752. The fraction of sp³-hybridized carbons (Fsp3) is 0.229. The van der Waals surface area contributed by atoms with Crippen molar-refractivity contribution in [2.75, 3.05) is 17.3 Å². The lowest BCUT2D eigenvalue weighted by Crippen LogP contribution is -2.37. The number of aromatic nitrogens is 4. The van der Waals surface area contributed by atoms with Crippen LogP contribution in [0.5, 0.6) is 17.4 Å². The summed E-state index contributed by atoms with van der Waals surface area (Å²) in [4.78, 5) is 41.1. The van der Waals surface area contributed by atoms with Crippen LogP contribution in [0.3, 0.4) is 0 Å². The van der Waals surface area contributed by atoms with E-state index in [0.717, 1.165) is 28.1 Å². The van der Waals surface area contributed by atoms with Gasteiger partial charge in [0.25, 0.3) is 0 Å². The van der Waals surface area contributed by atoms with Gasteiger partial charge in [0.1, 0.15) is 17.6 Å². The first-order chi connectivity index (χ1) is 22.0. The Labute approximate surface area is 266 Å². The summed E-state index contributed by atoms with van der Waals surface area (Å²) in [7, 11) is 3.49. The Morgan fingerprint density at radius 2 is 1.80 bits per heavy atom. The van der Waals surface area contributed by atoms with Crippen LogP contribution in [0.25, 0.3) is 33.4 Å². The Morgan fingerprint density at radius 3 is 2.48 bits per heavy atom. The van der Waals surface area contributed by atoms with Gasteiger partial charge in [-0.05, 0) is 75.2 Å². The third-order valence-electron chi connectivity index (χ3n) is 7.52. The number of benzene rings is 2. The number of pyridine rings is 1. The van der Waals surface area contributed by atoms with Gasteiger partial charge in [-0.25, -0.2) is 19.7 Å². The molecule has 2 amide bonds. The lowest BCUT2D eigenvalue weighted by molar-refractivity contribution is -0.111. The summed E-state index contributed by atoms with van der Waals surface area (Å²) >= 11 is 0. The number of hydrogen-bond acceptors (Lipinski definition) is 8. The van der Waals surface area contributed by atoms with Crippen LogP contribution in [-0.2, 0) is 23.1 Å². The molecule has 11 heteroatoms. The van der Waals surface area contributed by atoms with Gasteiger partial charge in [-0.15, -0.1) is 0 Å². The Hall–Kier alpha value is -5.71. The van der Waals surface area contributed by atoms with Crippen molar-refractivity contribution in [2.24, 2.45) is 7.05 Å². The van der Waals surface area contributed by atoms with Crippen LogP contribution < -0.4 is 19.7 Å². The molecule has 5 aromatic rings. The van der Waals surface area contributed by atoms with Gasteiger partial charge >= 0.3 is 6.09 Å². The number of carbonyl (C=O) groups excluding carboxylic acids is 2. The van der Waals surface area contributed by atoms with Gasteiger partial charge in [-0.1, -0.05) is 24.8 Å². The molecule has 0 atom stereocenters. The van der Waals surface area contributed by atoms with Crippen molar-refractivity contribution in [3.8, 4) is 39.8 Å². The van der Waals surface area contributed by atoms with Gasteiger partial charge in [-0.2, -0.15) is 0 Å². The first kappa shape index (κ1) is 30.3. The predicted molar refractivity (Wildman–Crippen MR) is 176 cm³/mol. The van der Waals surface area contributed by atoms with Gasteiger partial charge in [0, 0.05) is 35.6 Å². The maximum atomic E-state index is 13.9. The highest BCUT2D eigenvalue weighted by atomic mass is 16.6. The van der Waals surface area contributed by atoms with Crippen molar-refractivity contribution >= 4 is 34.5 Å². The zero-order valence-corrected chi connectivity index (χ0v) is 26.5. The molecule has 0 unspecified atom stereocenters. The number of carbonyl (C=O) groups is 2. The van der Waals surface area contributed by atoms with Crippen LogP contribution in [0.15, 0.2) is 73.6 Å². The monoisotopic (exact) mass is 618 g/mol. The molecule has 0 saturated carbocycles. The molecule has 1 aliphatic rings. The molecule has 0 spiro atoms. The Morgan fingerprint density at radius 1 is 1.04 bits per heavy atom. The number of nitrogens with zero attached hydrogens (tertiary/aromatic N) is 5. The van der Waals surface area contributed by atoms with Crippen molar-refractivity contribution in [3.05, 3.63) is 84.8 Å². The molecule has 11 nitrogen and oxygen atoms in total. The van der Waals surface area contributed by atoms with Crippen molar-refractivity contribution in [1.82, 2.24) is 19.5 Å². The van der Waals surface area contributed by atoms with Gasteiger partial charge in [0.05, 0.1) is 24.7 Å². The van der Waals surface area contributed by atoms with E-state index in [1.165, 1.54) is 17.3 Å². The summed E-state index contributed by atoms with van der Waals surface area (Å²) in [6.45, 7) is 11.0. The fourth-order valence-corrected chi connectivity index (χ4v) is 5.64. The van der Waals surface area contributed by atoms with Crippen molar-refractivity contribution < 1.29 is 23.8 Å². The first-order valence-corrected chi connectivity index (χ1v) is 14.7. The minimum Gasteiger partial charge on any atom is -0.492 e. The topological polar surface area (TPSA) is 121 Å². The summed E-state index contributed by atoms with van der Waals surface area (Å²) in [6.07, 6.45) is 2.11. The van der Waals surface area contributed by atoms with Gasteiger partial charge < -0.3 is 24.1 Å². The summed E-state index contributed by atoms with van der Waals surface area (Å²) in [5.74, 6) is 1.41. The number of fused-ring (bicyclic) bond motifs is 2. The van der Waals surface area contributed by atoms with E-state index >= 15 is 0 Å². The highest BCUT2D eigenvalue weighted by Crippen LogP contribution is 2.50. The van der Waals surface area contributed by atoms with Crippen molar-refractivity contribution in [1.29, 1.82) is 0 Å². The lowest BCUT2D eigenvalue weighted by Gasteiger charge is -2.27. The van der Waals surface area contributed by atoms with Gasteiger partial charge in [0.15, 0.2) is 17.3 Å². The molecule has 0 aliphatic carbocycles. The number of nitrogens with one attached hydrogen (secondary N) is 1. The highest BCUT2D eigenvalue weighted by Gasteiger charge is 2.36. The van der Waals surface area contributed by atoms with Crippen molar-refractivity contribution in [2.45, 2.75) is 39.8 Å². The van der Waals surface area contributed by atoms with Crippen LogP contribution in [0.4, 0.5) is 16.3 Å². The predicted octanol–water partition coefficient (Wildman–Crippen LogP) is 7.19. The van der Waals surface area contributed by atoms with Crippen molar-refractivity contribution in [3.63, 3.8) is 0 Å². The Balaban J connectivity index is 1.61. The van der Waals surface area contributed by atoms with Crippen LogP contribution in [-0.4, -0.2) is 44.2 Å². The lowest BCUT2D eigenvalue weighted by atomic mass is 9.94. The van der Waals surface area contributed by atoms with Crippen LogP contribution >= 0.6 is 0 Å². The second-order valence-corrected chi connectivity index (χ2v) is 11.9. The standard InChI is InChI=1S/C35H34N6O5/c1-8-26(42)39-22-14-12-21(13-15-22)30-28-23-16-17-25(45-27-11-9-10-20(2)38-27)31(44-7)24(23)18-41(34(43)46-35(3,4)5)33-29(28)32(40(30)6)36-19-37-33/h8-17,19H,1,18H2,2-7H3,(H,39,42). The number of hydrogen-bond donors (Lipinski definition) is 1. The smallest absolute Gasteiger partial charge is 0.416 e. The Kier molecular flexibility index (Phi) is 7.69. The largest absolute Gasteiger partial charge is 0.492 e. The minimum absolute atomic E-state index is 0.0857. The fourth-order valence-electron chi connectivity index (χ4n) is 5.64. The number of amides is 2. The molecule has 0 radical (unpaired) electrons. The Bertz CT molecular complexity index is 2010. The van der Waals surface area contributed by atoms with E-state index in [1.54, 1.807) is 13.2 Å². The molecular formula is C35H34N6O5. The second-order valence-electron chi connectivity index (χ2n) is 11.9. The molecule has 0 saturated heterocycles. The molecule has 4 heterocycles. The maximum absolute atomic E-state index is 13.9. The van der Waals surface area contributed by atoms with Gasteiger partial charge in [0.2, 0.25) is 11.8 Å². The second kappa shape index (κ2) is 11.7. The van der Waals surface area contributed by atoms with E-state index < -0.39 is 11.7 Å². The molecule has 3 aromatic heterocycles. The SMILES string of the molecule is C=CC(=O)Nc1ccc(-c2c3c4c(ncnc4n2C)N(C(=O)OC(C)(C)C)Cc2c-3ccc(Oc3cccc(C)n3)c2OC)cc1. The molecule has 1 N–H and O–H groups in total. The van der Waals surface area contributed by atoms with Crippen LogP contribution in [0.1, 0.15) is 32.0 Å². The molecule has 1 aliphatic heterocycles. The van der Waals surface area contributed by atoms with Crippen LogP contribution in [0, 0.1) is 6.92 Å². The molecular weight excluding hydrogens is 584 g/mol. The average molecular weight is 619 g/mol. The number of ether oxygens (including phenoxy) is 3. The average Bonchev–Trinajstić information content (AvgIpc) is 3.22. The zero-order valence-electron chi connectivity index (χ0n) is 26.5. The third kappa shape index (κ3) is 5.51. The summed E-state index contributed by atoms with van der Waals surface area (Å²) < 4.78 is 20.1. The zero-order chi connectivity index (χ0) is 32.7. The third-order valence-corrected chi connectivity index (χ3v) is 7.52. The van der Waals surface area contributed by atoms with E-state index in [0.29, 0.717) is 45.5 Å². The molecule has 0 bridgehead atoms. The molecule has 234 valence electrons. The number of anilines is 2. The highest BCUT2D eigenvalue weighted by molar-refractivity contribution is 6.13. The maximum Gasteiger partial charge on any atom is 0.416 e. The summed E-state index contributed by atoms with van der Waals surface area (Å²) in [5.41, 5.74) is 5.33. The number of aryl methyl sites for hydroxylation is 2. The summed E-state index contributed by atoms with van der Waals surface area (Å²) in [6, 6.07) is 16.8. The van der Waals surface area contributed by atoms with E-state index in [1.807, 2.05) is 87.8 Å². The van der Waals surface area contributed by atoms with E-state index in [4.69, 9.17) is 14.2 Å². The normalized spacial score (nSPS) is 12.3. The van der Waals surface area contributed by atoms with Gasteiger partial charge in [-0.3, -0.25) is 9.69 Å². The number of methoxy groups -OCH3 is 1. The number of rotatable bonds is 6. The molecule has 6 rings (SSSR count). The van der Waals surface area contributed by atoms with E-state index in [2.05, 4.69) is 26.8 Å². The molecule has 0 fully saturated rings. The van der Waals surface area contributed by atoms with E-state index in [9.17, 15) is 9.59 Å². The quantitative estimate of drug-likeness (QED) is 0.199.